The highest BCUT2D eigenvalue weighted by atomic mass is 19.1. The summed E-state index contributed by atoms with van der Waals surface area (Å²) in [5.74, 6) is 1.08. The van der Waals surface area contributed by atoms with Gasteiger partial charge in [0, 0.05) is 11.8 Å². The van der Waals surface area contributed by atoms with Crippen LogP contribution in [-0.2, 0) is 13.0 Å². The molecule has 2 amide bonds. The van der Waals surface area contributed by atoms with Gasteiger partial charge >= 0.3 is 6.03 Å². The number of nitrogens with zero attached hydrogens (tertiary/aromatic N) is 4. The fourth-order valence-corrected chi connectivity index (χ4v) is 5.26. The van der Waals surface area contributed by atoms with Gasteiger partial charge < -0.3 is 19.5 Å². The van der Waals surface area contributed by atoms with Crippen LogP contribution < -0.4 is 10.1 Å². The van der Waals surface area contributed by atoms with Crippen molar-refractivity contribution in [3.05, 3.63) is 126 Å². The third-order valence-corrected chi connectivity index (χ3v) is 7.09. The number of aryl methyl sites for hydroxylation is 1. The number of carbonyl (C=O) groups is 1. The van der Waals surface area contributed by atoms with Gasteiger partial charge in [-0.15, -0.1) is 0 Å². The highest BCUT2D eigenvalue weighted by Crippen LogP contribution is 2.39. The first kappa shape index (κ1) is 24.5. The topological polar surface area (TPSA) is 64.3 Å². The first-order valence-corrected chi connectivity index (χ1v) is 12.9. The Morgan fingerprint density at radius 1 is 1.03 bits per heavy atom. The molecule has 5 aromatic rings. The number of para-hydroxylation sites is 2. The molecule has 0 spiro atoms. The van der Waals surface area contributed by atoms with Gasteiger partial charge in [-0.05, 0) is 60.5 Å². The SMILES string of the molecule is CCc1nn(-c2ccccc2)c2c1CN(C(=O)Nc1ccccc1F)C(c1cccc(OC)c1)c1cccn1-2. The molecule has 1 atom stereocenters. The molecule has 3 aromatic carbocycles. The molecule has 3 heterocycles. The lowest BCUT2D eigenvalue weighted by atomic mass is 10.0. The molecule has 2 aromatic heterocycles. The molecule has 6 rings (SSSR count). The molecule has 0 saturated heterocycles. The van der Waals surface area contributed by atoms with Crippen LogP contribution in [0.5, 0.6) is 5.75 Å². The van der Waals surface area contributed by atoms with Crippen molar-refractivity contribution in [2.24, 2.45) is 0 Å². The summed E-state index contributed by atoms with van der Waals surface area (Å²) in [5, 5.41) is 7.79. The van der Waals surface area contributed by atoms with E-state index in [1.807, 2.05) is 77.6 Å². The Kier molecular flexibility index (Phi) is 6.36. The van der Waals surface area contributed by atoms with Crippen LogP contribution in [0.15, 0.2) is 97.2 Å². The van der Waals surface area contributed by atoms with Crippen molar-refractivity contribution < 1.29 is 13.9 Å². The summed E-state index contributed by atoms with van der Waals surface area (Å²) in [6, 6.07) is 26.9. The Bertz CT molecular complexity index is 1640. The van der Waals surface area contributed by atoms with Crippen molar-refractivity contribution in [1.82, 2.24) is 19.2 Å². The molecular formula is C31H28FN5O2. The van der Waals surface area contributed by atoms with E-state index in [0.29, 0.717) is 12.2 Å². The number of hydrogen-bond donors (Lipinski definition) is 1. The summed E-state index contributed by atoms with van der Waals surface area (Å²) in [5.41, 5.74) is 4.64. The van der Waals surface area contributed by atoms with E-state index in [-0.39, 0.29) is 12.2 Å². The van der Waals surface area contributed by atoms with Crippen LogP contribution in [0, 0.1) is 5.82 Å². The summed E-state index contributed by atoms with van der Waals surface area (Å²) in [6.45, 7) is 2.33. The van der Waals surface area contributed by atoms with E-state index < -0.39 is 17.9 Å². The zero-order valence-corrected chi connectivity index (χ0v) is 21.7. The van der Waals surface area contributed by atoms with Gasteiger partial charge in [0.15, 0.2) is 0 Å². The summed E-state index contributed by atoms with van der Waals surface area (Å²) >= 11 is 0. The van der Waals surface area contributed by atoms with Gasteiger partial charge in [-0.2, -0.15) is 5.10 Å². The number of ether oxygens (including phenoxy) is 1. The molecule has 7 nitrogen and oxygen atoms in total. The number of nitrogens with one attached hydrogen (secondary N) is 1. The second-order valence-corrected chi connectivity index (χ2v) is 9.37. The van der Waals surface area contributed by atoms with Gasteiger partial charge in [0.2, 0.25) is 0 Å². The Morgan fingerprint density at radius 3 is 2.59 bits per heavy atom. The number of methoxy groups -OCH3 is 1. The first-order valence-electron chi connectivity index (χ1n) is 12.9. The minimum Gasteiger partial charge on any atom is -0.497 e. The van der Waals surface area contributed by atoms with Gasteiger partial charge in [-0.3, -0.25) is 0 Å². The maximum absolute atomic E-state index is 14.6. The molecular weight excluding hydrogens is 493 g/mol. The quantitative estimate of drug-likeness (QED) is 0.287. The van der Waals surface area contributed by atoms with Crippen LogP contribution in [0.3, 0.4) is 0 Å². The zero-order valence-electron chi connectivity index (χ0n) is 21.7. The second-order valence-electron chi connectivity index (χ2n) is 9.37. The first-order chi connectivity index (χ1) is 19.1. The van der Waals surface area contributed by atoms with Crippen LogP contribution in [0.4, 0.5) is 14.9 Å². The average Bonchev–Trinajstić information content (AvgIpc) is 3.55. The number of halogens is 1. The molecule has 0 saturated carbocycles. The van der Waals surface area contributed by atoms with Crippen molar-refractivity contribution in [3.63, 3.8) is 0 Å². The summed E-state index contributed by atoms with van der Waals surface area (Å²) in [6.07, 6.45) is 2.69. The van der Waals surface area contributed by atoms with Crippen molar-refractivity contribution in [2.45, 2.75) is 25.9 Å². The highest BCUT2D eigenvalue weighted by molar-refractivity contribution is 5.90. The van der Waals surface area contributed by atoms with Gasteiger partial charge in [-0.1, -0.05) is 49.4 Å². The number of anilines is 1. The minimum absolute atomic E-state index is 0.127. The van der Waals surface area contributed by atoms with Crippen molar-refractivity contribution >= 4 is 11.7 Å². The predicted molar refractivity (Wildman–Crippen MR) is 148 cm³/mol. The van der Waals surface area contributed by atoms with E-state index in [0.717, 1.165) is 34.0 Å². The normalized spacial score (nSPS) is 14.3. The van der Waals surface area contributed by atoms with Crippen LogP contribution in [0.2, 0.25) is 0 Å². The molecule has 1 aliphatic rings. The summed E-state index contributed by atoms with van der Waals surface area (Å²) in [4.78, 5) is 15.8. The Labute approximate surface area is 226 Å². The average molecular weight is 522 g/mol. The molecule has 196 valence electrons. The zero-order chi connectivity index (χ0) is 26.9. The van der Waals surface area contributed by atoms with E-state index in [2.05, 4.69) is 16.8 Å². The Balaban J connectivity index is 1.56. The Morgan fingerprint density at radius 2 is 1.82 bits per heavy atom. The molecule has 0 bridgehead atoms. The molecule has 1 aliphatic heterocycles. The largest absolute Gasteiger partial charge is 0.497 e. The third-order valence-electron chi connectivity index (χ3n) is 7.09. The predicted octanol–water partition coefficient (Wildman–Crippen LogP) is 6.51. The van der Waals surface area contributed by atoms with Gasteiger partial charge in [-0.25, -0.2) is 13.9 Å². The number of benzene rings is 3. The second kappa shape index (κ2) is 10.1. The highest BCUT2D eigenvalue weighted by Gasteiger charge is 2.36. The maximum Gasteiger partial charge on any atom is 0.323 e. The standard InChI is InChI=1S/C31H28FN5O2/c1-3-26-24-20-36(31(38)33-27-16-8-7-15-25(27)32)29(21-11-9-14-23(19-21)39-2)28-17-10-18-35(28)30(24)37(34-26)22-12-5-4-6-13-22/h4-19,29H,3,20H2,1-2H3,(H,33,38). The van der Waals surface area contributed by atoms with Crippen molar-refractivity contribution in [2.75, 3.05) is 12.4 Å². The number of rotatable bonds is 5. The van der Waals surface area contributed by atoms with E-state index in [4.69, 9.17) is 9.84 Å². The lowest BCUT2D eigenvalue weighted by molar-refractivity contribution is 0.194. The summed E-state index contributed by atoms with van der Waals surface area (Å²) in [7, 11) is 1.62. The van der Waals surface area contributed by atoms with Crippen LogP contribution in [-0.4, -0.2) is 32.4 Å². The number of aromatic nitrogens is 3. The van der Waals surface area contributed by atoms with E-state index >= 15 is 0 Å². The number of hydrogen-bond acceptors (Lipinski definition) is 3. The van der Waals surface area contributed by atoms with Crippen molar-refractivity contribution in [3.8, 4) is 17.3 Å². The molecule has 39 heavy (non-hydrogen) atoms. The maximum atomic E-state index is 14.6. The minimum atomic E-state index is -0.492. The number of urea groups is 1. The molecule has 8 heteroatoms. The third kappa shape index (κ3) is 4.33. The van der Waals surface area contributed by atoms with E-state index in [9.17, 15) is 9.18 Å². The van der Waals surface area contributed by atoms with Crippen LogP contribution in [0.1, 0.15) is 35.5 Å². The van der Waals surface area contributed by atoms with E-state index in [1.165, 1.54) is 6.07 Å². The molecule has 1 N–H and O–H groups in total. The van der Waals surface area contributed by atoms with Crippen molar-refractivity contribution in [1.29, 1.82) is 0 Å². The molecule has 1 unspecified atom stereocenters. The number of fused-ring (bicyclic) bond motifs is 3. The monoisotopic (exact) mass is 521 g/mol. The fourth-order valence-electron chi connectivity index (χ4n) is 5.26. The van der Waals surface area contributed by atoms with Crippen LogP contribution >= 0.6 is 0 Å². The summed E-state index contributed by atoms with van der Waals surface area (Å²) < 4.78 is 24.2. The lowest BCUT2D eigenvalue weighted by Gasteiger charge is -2.31. The molecule has 0 radical (unpaired) electrons. The van der Waals surface area contributed by atoms with Gasteiger partial charge in [0.05, 0.1) is 42.5 Å². The number of carbonyl (C=O) groups excluding carboxylic acids is 1. The van der Waals surface area contributed by atoms with Gasteiger partial charge in [0.25, 0.3) is 0 Å². The lowest BCUT2D eigenvalue weighted by Crippen LogP contribution is -2.38. The molecule has 0 fully saturated rings. The van der Waals surface area contributed by atoms with E-state index in [1.54, 1.807) is 30.2 Å². The number of amides is 2. The van der Waals surface area contributed by atoms with Crippen LogP contribution in [0.25, 0.3) is 11.5 Å². The molecule has 0 aliphatic carbocycles. The smallest absolute Gasteiger partial charge is 0.323 e. The van der Waals surface area contributed by atoms with Gasteiger partial charge in [0.1, 0.15) is 17.4 Å². The fraction of sp³-hybridized carbons (Fsp3) is 0.161. The Hall–Kier alpha value is -4.85.